The number of nitrogens with zero attached hydrogens (tertiary/aromatic N) is 2. The van der Waals surface area contributed by atoms with Crippen molar-refractivity contribution in [3.63, 3.8) is 0 Å². The van der Waals surface area contributed by atoms with E-state index in [2.05, 4.69) is 9.97 Å². The highest BCUT2D eigenvalue weighted by atomic mass is 32.1. The fourth-order valence-corrected chi connectivity index (χ4v) is 3.73. The highest BCUT2D eigenvalue weighted by molar-refractivity contribution is 7.17. The molecule has 0 aromatic carbocycles. The lowest BCUT2D eigenvalue weighted by molar-refractivity contribution is 0.0700. The molecule has 0 bridgehead atoms. The molecule has 1 aliphatic rings. The predicted molar refractivity (Wildman–Crippen MR) is 78.1 cm³/mol. The first kappa shape index (κ1) is 13.2. The molecule has 1 aliphatic carbocycles. The molecule has 0 spiro atoms. The van der Waals surface area contributed by atoms with Crippen molar-refractivity contribution in [2.75, 3.05) is 0 Å². The molecule has 2 aromatic rings. The van der Waals surface area contributed by atoms with Crippen molar-refractivity contribution in [1.29, 1.82) is 0 Å². The number of aromatic carboxylic acids is 1. The molecule has 2 aromatic heterocycles. The maximum atomic E-state index is 11.5. The van der Waals surface area contributed by atoms with Gasteiger partial charge in [-0.3, -0.25) is 4.98 Å². The maximum Gasteiger partial charge on any atom is 0.347 e. The first-order valence-electron chi connectivity index (χ1n) is 6.90. The summed E-state index contributed by atoms with van der Waals surface area (Å²) in [6, 6.07) is 3.76. The van der Waals surface area contributed by atoms with Crippen LogP contribution in [0, 0.1) is 0 Å². The van der Waals surface area contributed by atoms with E-state index in [0.29, 0.717) is 10.8 Å². The Morgan fingerprint density at radius 3 is 2.75 bits per heavy atom. The van der Waals surface area contributed by atoms with Crippen LogP contribution in [0.3, 0.4) is 0 Å². The summed E-state index contributed by atoms with van der Waals surface area (Å²) in [5.74, 6) is -0.560. The fourth-order valence-electron chi connectivity index (χ4n) is 2.75. The fraction of sp³-hybridized carbons (Fsp3) is 0.400. The normalized spacial score (nSPS) is 16.2. The molecule has 0 amide bonds. The smallest absolute Gasteiger partial charge is 0.347 e. The molecule has 0 radical (unpaired) electrons. The van der Waals surface area contributed by atoms with Crippen molar-refractivity contribution in [3.8, 4) is 10.6 Å². The Morgan fingerprint density at radius 2 is 2.10 bits per heavy atom. The van der Waals surface area contributed by atoms with E-state index in [9.17, 15) is 9.90 Å². The molecule has 0 aliphatic heterocycles. The van der Waals surface area contributed by atoms with Gasteiger partial charge in [-0.1, -0.05) is 19.3 Å². The zero-order valence-electron chi connectivity index (χ0n) is 11.1. The second-order valence-corrected chi connectivity index (χ2v) is 6.11. The van der Waals surface area contributed by atoms with E-state index in [1.807, 2.05) is 12.1 Å². The van der Waals surface area contributed by atoms with Crippen molar-refractivity contribution < 1.29 is 9.90 Å². The minimum absolute atomic E-state index is 0.302. The molecule has 0 unspecified atom stereocenters. The third-order valence-corrected chi connectivity index (χ3v) is 4.86. The molecule has 1 fully saturated rings. The monoisotopic (exact) mass is 288 g/mol. The predicted octanol–water partition coefficient (Wildman–Crippen LogP) is 3.95. The van der Waals surface area contributed by atoms with E-state index < -0.39 is 5.97 Å². The Balaban J connectivity index is 2.00. The number of aromatic nitrogens is 2. The lowest BCUT2D eigenvalue weighted by Gasteiger charge is -2.20. The Labute approximate surface area is 121 Å². The Morgan fingerprint density at radius 1 is 1.30 bits per heavy atom. The first-order valence-corrected chi connectivity index (χ1v) is 7.72. The van der Waals surface area contributed by atoms with Crippen LogP contribution in [0.15, 0.2) is 24.5 Å². The van der Waals surface area contributed by atoms with Gasteiger partial charge < -0.3 is 5.11 Å². The molecular weight excluding hydrogens is 272 g/mol. The summed E-state index contributed by atoms with van der Waals surface area (Å²) in [5, 5.41) is 10.2. The number of hydrogen-bond donors (Lipinski definition) is 1. The number of thiazole rings is 1. The van der Waals surface area contributed by atoms with Gasteiger partial charge in [-0.05, 0) is 25.0 Å². The van der Waals surface area contributed by atoms with Gasteiger partial charge in [0.15, 0.2) is 0 Å². The number of pyridine rings is 1. The summed E-state index contributed by atoms with van der Waals surface area (Å²) in [6.45, 7) is 0. The van der Waals surface area contributed by atoms with Crippen molar-refractivity contribution in [1.82, 2.24) is 9.97 Å². The van der Waals surface area contributed by atoms with Crippen LogP contribution in [0.2, 0.25) is 0 Å². The highest BCUT2D eigenvalue weighted by Gasteiger charge is 2.26. The Bertz CT molecular complexity index is 604. The molecule has 5 heteroatoms. The summed E-state index contributed by atoms with van der Waals surface area (Å²) in [5.41, 5.74) is 1.67. The lowest BCUT2D eigenvalue weighted by atomic mass is 9.86. The molecule has 1 N–H and O–H groups in total. The third kappa shape index (κ3) is 2.58. The number of carbonyl (C=O) groups is 1. The largest absolute Gasteiger partial charge is 0.477 e. The molecule has 20 heavy (non-hydrogen) atoms. The zero-order chi connectivity index (χ0) is 13.9. The van der Waals surface area contributed by atoms with Crippen molar-refractivity contribution >= 4 is 17.3 Å². The summed E-state index contributed by atoms with van der Waals surface area (Å²) < 4.78 is 0. The minimum Gasteiger partial charge on any atom is -0.477 e. The van der Waals surface area contributed by atoms with Crippen LogP contribution in [-0.4, -0.2) is 21.0 Å². The van der Waals surface area contributed by atoms with Crippen molar-refractivity contribution in [2.45, 2.75) is 38.0 Å². The quantitative estimate of drug-likeness (QED) is 0.928. The molecule has 104 valence electrons. The van der Waals surface area contributed by atoms with Gasteiger partial charge in [0, 0.05) is 23.9 Å². The van der Waals surface area contributed by atoms with Crippen LogP contribution in [0.5, 0.6) is 0 Å². The van der Waals surface area contributed by atoms with E-state index in [4.69, 9.17) is 0 Å². The summed E-state index contributed by atoms with van der Waals surface area (Å²) in [7, 11) is 0. The molecule has 4 nitrogen and oxygen atoms in total. The molecule has 0 atom stereocenters. The summed E-state index contributed by atoms with van der Waals surface area (Å²) in [4.78, 5) is 20.6. The van der Waals surface area contributed by atoms with Crippen LogP contribution in [-0.2, 0) is 0 Å². The number of carboxylic acid groups (broad SMARTS) is 1. The van der Waals surface area contributed by atoms with Gasteiger partial charge in [-0.25, -0.2) is 9.78 Å². The molecule has 2 heterocycles. The van der Waals surface area contributed by atoms with E-state index in [0.717, 1.165) is 29.1 Å². The number of hydrogen-bond acceptors (Lipinski definition) is 4. The van der Waals surface area contributed by atoms with Gasteiger partial charge in [0.05, 0.1) is 5.69 Å². The van der Waals surface area contributed by atoms with Gasteiger partial charge >= 0.3 is 5.97 Å². The standard InChI is InChI=1S/C15H16N2O2S/c18-15(19)13-12(10-5-2-1-3-6-10)17-14(20-13)11-7-4-8-16-9-11/h4,7-10H,1-3,5-6H2,(H,18,19). The molecule has 0 saturated heterocycles. The average molecular weight is 288 g/mol. The second-order valence-electron chi connectivity index (χ2n) is 5.12. The average Bonchev–Trinajstić information content (AvgIpc) is 2.94. The van der Waals surface area contributed by atoms with Crippen molar-refractivity contribution in [2.24, 2.45) is 0 Å². The minimum atomic E-state index is -0.863. The number of rotatable bonds is 3. The van der Waals surface area contributed by atoms with Crippen LogP contribution in [0.25, 0.3) is 10.6 Å². The third-order valence-electron chi connectivity index (χ3n) is 3.75. The Kier molecular flexibility index (Phi) is 3.78. The molecular formula is C15H16N2O2S. The van der Waals surface area contributed by atoms with Gasteiger partial charge in [-0.2, -0.15) is 0 Å². The topological polar surface area (TPSA) is 63.1 Å². The van der Waals surface area contributed by atoms with Crippen molar-refractivity contribution in [3.05, 3.63) is 35.1 Å². The van der Waals surface area contributed by atoms with E-state index >= 15 is 0 Å². The van der Waals surface area contributed by atoms with E-state index in [1.165, 1.54) is 30.6 Å². The second kappa shape index (κ2) is 5.71. The molecule has 1 saturated carbocycles. The highest BCUT2D eigenvalue weighted by Crippen LogP contribution is 2.38. The Hall–Kier alpha value is -1.75. The van der Waals surface area contributed by atoms with Gasteiger partial charge in [-0.15, -0.1) is 11.3 Å². The zero-order valence-corrected chi connectivity index (χ0v) is 11.9. The molecule has 3 rings (SSSR count). The number of carboxylic acids is 1. The van der Waals surface area contributed by atoms with E-state index in [-0.39, 0.29) is 0 Å². The lowest BCUT2D eigenvalue weighted by Crippen LogP contribution is -2.09. The maximum absolute atomic E-state index is 11.5. The first-order chi connectivity index (χ1) is 9.75. The van der Waals surface area contributed by atoms with Crippen LogP contribution in [0.1, 0.15) is 53.4 Å². The SMILES string of the molecule is O=C(O)c1sc(-c2cccnc2)nc1C1CCCCC1. The van der Waals surface area contributed by atoms with Gasteiger partial charge in [0.2, 0.25) is 0 Å². The van der Waals surface area contributed by atoms with Crippen LogP contribution in [0.4, 0.5) is 0 Å². The summed E-state index contributed by atoms with van der Waals surface area (Å²) >= 11 is 1.26. The van der Waals surface area contributed by atoms with Gasteiger partial charge in [0.25, 0.3) is 0 Å². The van der Waals surface area contributed by atoms with Crippen LogP contribution < -0.4 is 0 Å². The van der Waals surface area contributed by atoms with Gasteiger partial charge in [0.1, 0.15) is 9.88 Å². The summed E-state index contributed by atoms with van der Waals surface area (Å²) in [6.07, 6.45) is 9.13. The van der Waals surface area contributed by atoms with E-state index in [1.54, 1.807) is 12.4 Å². The van der Waals surface area contributed by atoms with Crippen LogP contribution >= 0.6 is 11.3 Å².